The minimum Gasteiger partial charge on any atom is -0.393 e. The van der Waals surface area contributed by atoms with E-state index in [0.29, 0.717) is 11.3 Å². The van der Waals surface area contributed by atoms with Crippen LogP contribution in [0.3, 0.4) is 0 Å². The molecule has 0 aromatic heterocycles. The Hall–Kier alpha value is -0.340. The average molecular weight is 431 g/mol. The zero-order chi connectivity index (χ0) is 22.4. The standard InChI is InChI=1S/C29H50O2/c1-6-29(31)17-15-22-21(18-29)10-11-24-23(22)14-16-28(5)25(12-13-26(24)28)20(4)8-7-9-27(30)19(2)3/h10,19-20,22-27,30-31H,6-9,11-18H2,1-5H3/t20?,22-,23+,24+,25+,26-,27-,28+,29-/m0/s1. The van der Waals surface area contributed by atoms with E-state index >= 15 is 0 Å². The van der Waals surface area contributed by atoms with E-state index < -0.39 is 5.60 Å². The van der Waals surface area contributed by atoms with Gasteiger partial charge in [-0.25, -0.2) is 0 Å². The van der Waals surface area contributed by atoms with Crippen molar-refractivity contribution in [2.75, 3.05) is 0 Å². The summed E-state index contributed by atoms with van der Waals surface area (Å²) >= 11 is 0. The molecule has 0 aliphatic heterocycles. The lowest BCUT2D eigenvalue weighted by atomic mass is 9.50. The van der Waals surface area contributed by atoms with E-state index in [1.165, 1.54) is 51.4 Å². The van der Waals surface area contributed by atoms with E-state index in [9.17, 15) is 10.2 Å². The molecule has 3 saturated carbocycles. The monoisotopic (exact) mass is 430 g/mol. The molecule has 178 valence electrons. The number of hydrogen-bond donors (Lipinski definition) is 2. The lowest BCUT2D eigenvalue weighted by molar-refractivity contribution is -0.0461. The third-order valence-corrected chi connectivity index (χ3v) is 10.9. The van der Waals surface area contributed by atoms with Crippen LogP contribution in [-0.4, -0.2) is 21.9 Å². The van der Waals surface area contributed by atoms with Crippen molar-refractivity contribution in [3.8, 4) is 0 Å². The highest BCUT2D eigenvalue weighted by atomic mass is 16.3. The maximum atomic E-state index is 10.9. The summed E-state index contributed by atoms with van der Waals surface area (Å²) in [6, 6.07) is 0. The van der Waals surface area contributed by atoms with Crippen LogP contribution >= 0.6 is 0 Å². The first-order valence-electron chi connectivity index (χ1n) is 13.8. The molecule has 0 saturated heterocycles. The molecule has 0 amide bonds. The van der Waals surface area contributed by atoms with Gasteiger partial charge < -0.3 is 10.2 Å². The van der Waals surface area contributed by atoms with Gasteiger partial charge in [-0.1, -0.05) is 59.1 Å². The molecular formula is C29H50O2. The Labute approximate surface area is 192 Å². The number of hydrogen-bond acceptors (Lipinski definition) is 2. The molecule has 2 N–H and O–H groups in total. The average Bonchev–Trinajstić information content (AvgIpc) is 3.10. The Morgan fingerprint density at radius 1 is 1.03 bits per heavy atom. The summed E-state index contributed by atoms with van der Waals surface area (Å²) in [6.07, 6.45) is 17.0. The molecule has 0 heterocycles. The van der Waals surface area contributed by atoms with Gasteiger partial charge in [0, 0.05) is 0 Å². The van der Waals surface area contributed by atoms with Crippen LogP contribution in [0.1, 0.15) is 112 Å². The largest absolute Gasteiger partial charge is 0.393 e. The molecule has 0 spiro atoms. The van der Waals surface area contributed by atoms with Crippen LogP contribution in [0, 0.1) is 46.8 Å². The van der Waals surface area contributed by atoms with Crippen molar-refractivity contribution >= 4 is 0 Å². The van der Waals surface area contributed by atoms with E-state index in [1.54, 1.807) is 5.57 Å². The first-order valence-corrected chi connectivity index (χ1v) is 13.8. The maximum absolute atomic E-state index is 10.9. The molecule has 3 fully saturated rings. The van der Waals surface area contributed by atoms with Gasteiger partial charge in [0.05, 0.1) is 11.7 Å². The van der Waals surface area contributed by atoms with Crippen LogP contribution < -0.4 is 0 Å². The van der Waals surface area contributed by atoms with Gasteiger partial charge >= 0.3 is 0 Å². The van der Waals surface area contributed by atoms with Crippen LogP contribution in [0.4, 0.5) is 0 Å². The molecule has 9 atom stereocenters. The Balaban J connectivity index is 1.41. The molecular weight excluding hydrogens is 380 g/mol. The SMILES string of the molecule is CC[C@]1(O)CC[C@H]2C(=CC[C@@H]3[C@@H]2CC[C@]2(C)[C@@H](C(C)CCC[C@H](O)C(C)C)CC[C@@H]32)C1. The predicted octanol–water partition coefficient (Wildman–Crippen LogP) is 7.14. The first-order chi connectivity index (χ1) is 14.7. The van der Waals surface area contributed by atoms with Crippen LogP contribution in [0.15, 0.2) is 11.6 Å². The van der Waals surface area contributed by atoms with Gasteiger partial charge in [-0.2, -0.15) is 0 Å². The second kappa shape index (κ2) is 9.13. The summed E-state index contributed by atoms with van der Waals surface area (Å²) in [5, 5.41) is 21.1. The fourth-order valence-electron chi connectivity index (χ4n) is 8.83. The summed E-state index contributed by atoms with van der Waals surface area (Å²) < 4.78 is 0. The van der Waals surface area contributed by atoms with Gasteiger partial charge in [0.25, 0.3) is 0 Å². The molecule has 2 nitrogen and oxygen atoms in total. The molecule has 4 aliphatic rings. The Bertz CT molecular complexity index is 653. The zero-order valence-electron chi connectivity index (χ0n) is 21.1. The minimum atomic E-state index is -0.421. The second-order valence-electron chi connectivity index (χ2n) is 12.8. The van der Waals surface area contributed by atoms with Gasteiger partial charge in [-0.15, -0.1) is 0 Å². The van der Waals surface area contributed by atoms with Crippen molar-refractivity contribution in [3.05, 3.63) is 11.6 Å². The molecule has 0 radical (unpaired) electrons. The Morgan fingerprint density at radius 2 is 1.81 bits per heavy atom. The van der Waals surface area contributed by atoms with Crippen molar-refractivity contribution in [2.45, 2.75) is 123 Å². The van der Waals surface area contributed by atoms with Crippen molar-refractivity contribution < 1.29 is 10.2 Å². The van der Waals surface area contributed by atoms with Crippen LogP contribution in [0.2, 0.25) is 0 Å². The van der Waals surface area contributed by atoms with E-state index in [2.05, 4.69) is 40.7 Å². The van der Waals surface area contributed by atoms with Crippen LogP contribution in [0.25, 0.3) is 0 Å². The number of aliphatic hydroxyl groups excluding tert-OH is 1. The van der Waals surface area contributed by atoms with Gasteiger partial charge in [0.15, 0.2) is 0 Å². The molecule has 31 heavy (non-hydrogen) atoms. The first kappa shape index (κ1) is 23.8. The third kappa shape index (κ3) is 4.42. The van der Waals surface area contributed by atoms with Gasteiger partial charge in [0.1, 0.15) is 0 Å². The Morgan fingerprint density at radius 3 is 2.52 bits per heavy atom. The third-order valence-electron chi connectivity index (χ3n) is 10.9. The minimum absolute atomic E-state index is 0.126. The molecule has 0 aromatic carbocycles. The summed E-state index contributed by atoms with van der Waals surface area (Å²) in [7, 11) is 0. The van der Waals surface area contributed by atoms with Crippen LogP contribution in [-0.2, 0) is 0 Å². The summed E-state index contributed by atoms with van der Waals surface area (Å²) in [6.45, 7) is 11.6. The number of allylic oxidation sites excluding steroid dienone is 1. The van der Waals surface area contributed by atoms with Crippen molar-refractivity contribution in [3.63, 3.8) is 0 Å². The van der Waals surface area contributed by atoms with Crippen molar-refractivity contribution in [2.24, 2.45) is 46.8 Å². The van der Waals surface area contributed by atoms with Crippen LogP contribution in [0.5, 0.6) is 0 Å². The summed E-state index contributed by atoms with van der Waals surface area (Å²) in [5.74, 6) is 5.49. The van der Waals surface area contributed by atoms with E-state index in [-0.39, 0.29) is 6.10 Å². The summed E-state index contributed by atoms with van der Waals surface area (Å²) in [4.78, 5) is 0. The lowest BCUT2D eigenvalue weighted by Crippen LogP contribution is -2.48. The predicted molar refractivity (Wildman–Crippen MR) is 130 cm³/mol. The highest BCUT2D eigenvalue weighted by molar-refractivity contribution is 5.22. The highest BCUT2D eigenvalue weighted by Crippen LogP contribution is 2.65. The molecule has 4 aliphatic carbocycles. The number of fused-ring (bicyclic) bond motifs is 5. The number of aliphatic hydroxyl groups is 2. The molecule has 4 rings (SSSR count). The topological polar surface area (TPSA) is 40.5 Å². The molecule has 2 heteroatoms. The smallest absolute Gasteiger partial charge is 0.0682 e. The van der Waals surface area contributed by atoms with E-state index in [1.807, 2.05) is 0 Å². The molecule has 1 unspecified atom stereocenters. The van der Waals surface area contributed by atoms with Crippen molar-refractivity contribution in [1.82, 2.24) is 0 Å². The fraction of sp³-hybridized carbons (Fsp3) is 0.931. The molecule has 0 aromatic rings. The van der Waals surface area contributed by atoms with Crippen molar-refractivity contribution in [1.29, 1.82) is 0 Å². The van der Waals surface area contributed by atoms with Gasteiger partial charge in [-0.05, 0) is 111 Å². The van der Waals surface area contributed by atoms with Gasteiger partial charge in [0.2, 0.25) is 0 Å². The summed E-state index contributed by atoms with van der Waals surface area (Å²) in [5.41, 5.74) is 1.73. The molecule has 0 bridgehead atoms. The maximum Gasteiger partial charge on any atom is 0.0682 e. The highest BCUT2D eigenvalue weighted by Gasteiger charge is 2.57. The normalized spacial score (nSPS) is 44.3. The lowest BCUT2D eigenvalue weighted by Gasteiger charge is -2.55. The quantitative estimate of drug-likeness (QED) is 0.421. The second-order valence-corrected chi connectivity index (χ2v) is 12.8. The zero-order valence-corrected chi connectivity index (χ0v) is 21.1. The van der Waals surface area contributed by atoms with E-state index in [0.717, 1.165) is 61.2 Å². The van der Waals surface area contributed by atoms with Gasteiger partial charge in [-0.3, -0.25) is 0 Å². The fourth-order valence-corrected chi connectivity index (χ4v) is 8.83. The Kier molecular flexibility index (Phi) is 7.01. The van der Waals surface area contributed by atoms with E-state index in [4.69, 9.17) is 0 Å². The number of rotatable bonds is 7.